The third-order valence-electron chi connectivity index (χ3n) is 2.24. The van der Waals surface area contributed by atoms with E-state index in [-0.39, 0.29) is 5.41 Å². The highest BCUT2D eigenvalue weighted by molar-refractivity contribution is 7.99. The predicted molar refractivity (Wildman–Crippen MR) is 49.4 cm³/mol. The highest BCUT2D eigenvalue weighted by Crippen LogP contribution is 2.38. The average molecular weight is 167 g/mol. The Morgan fingerprint density at radius 1 is 1.64 bits per heavy atom. The summed E-state index contributed by atoms with van der Waals surface area (Å²) in [7, 11) is 0. The van der Waals surface area contributed by atoms with E-state index in [0.29, 0.717) is 0 Å². The van der Waals surface area contributed by atoms with Gasteiger partial charge in [-0.25, -0.2) is 0 Å². The van der Waals surface area contributed by atoms with Gasteiger partial charge in [-0.15, -0.1) is 0 Å². The molecule has 1 rings (SSSR count). The molecule has 0 radical (unpaired) electrons. The van der Waals surface area contributed by atoms with E-state index in [4.69, 9.17) is 5.26 Å². The van der Waals surface area contributed by atoms with Crippen LogP contribution < -0.4 is 0 Å². The molecule has 1 fully saturated rings. The van der Waals surface area contributed by atoms with Crippen molar-refractivity contribution in [1.29, 1.82) is 5.26 Å². The van der Waals surface area contributed by atoms with E-state index in [9.17, 15) is 0 Å². The van der Waals surface area contributed by atoms with Crippen LogP contribution in [0.4, 0.5) is 0 Å². The minimum Gasteiger partial charge on any atom is -0.193 e. The van der Waals surface area contributed by atoms with Gasteiger partial charge in [0.15, 0.2) is 0 Å². The van der Waals surface area contributed by atoms with Crippen molar-refractivity contribution in [2.75, 3.05) is 11.5 Å². The second-order valence-electron chi connectivity index (χ2n) is 3.49. The first-order valence-corrected chi connectivity index (χ1v) is 4.99. The third-order valence-corrected chi connectivity index (χ3v) is 3.24. The Labute approximate surface area is 72.5 Å². The minimum absolute atomic E-state index is 0.265. The summed E-state index contributed by atoms with van der Waals surface area (Å²) in [6, 6.07) is 2.12. The Morgan fingerprint density at radius 2 is 2.36 bits per heavy atom. The van der Waals surface area contributed by atoms with E-state index < -0.39 is 0 Å². The van der Waals surface area contributed by atoms with Crippen LogP contribution in [0.1, 0.15) is 20.3 Å². The molecule has 0 unspecified atom stereocenters. The molecule has 1 aliphatic rings. The lowest BCUT2D eigenvalue weighted by atomic mass is 9.82. The Balaban J connectivity index is 2.77. The number of thioether (sulfide) groups is 1. The van der Waals surface area contributed by atoms with E-state index in [0.717, 1.165) is 5.75 Å². The zero-order chi connectivity index (χ0) is 8.32. The maximum atomic E-state index is 8.52. The van der Waals surface area contributed by atoms with Crippen molar-refractivity contribution in [1.82, 2.24) is 0 Å². The zero-order valence-corrected chi connectivity index (χ0v) is 7.87. The van der Waals surface area contributed by atoms with Gasteiger partial charge in [-0.2, -0.15) is 17.0 Å². The molecule has 0 saturated carbocycles. The van der Waals surface area contributed by atoms with Crippen LogP contribution >= 0.6 is 11.8 Å². The molecule has 0 aromatic heterocycles. The fraction of sp³-hybridized carbons (Fsp3) is 0.667. The first kappa shape index (κ1) is 8.67. The van der Waals surface area contributed by atoms with Gasteiger partial charge in [0.25, 0.3) is 0 Å². The molecule has 60 valence electrons. The molecule has 1 aliphatic heterocycles. The molecule has 0 aliphatic carbocycles. The molecule has 1 nitrogen and oxygen atoms in total. The van der Waals surface area contributed by atoms with Crippen molar-refractivity contribution < 1.29 is 0 Å². The Hall–Kier alpha value is -0.420. The predicted octanol–water partition coefficient (Wildman–Crippen LogP) is 2.60. The summed E-state index contributed by atoms with van der Waals surface area (Å²) in [5.74, 6) is 2.27. The van der Waals surface area contributed by atoms with Crippen molar-refractivity contribution in [3.8, 4) is 6.07 Å². The molecule has 0 aromatic carbocycles. The number of hydrogen-bond acceptors (Lipinski definition) is 2. The molecule has 0 bridgehead atoms. The van der Waals surface area contributed by atoms with E-state index in [1.807, 2.05) is 11.8 Å². The molecule has 0 aromatic rings. The summed E-state index contributed by atoms with van der Waals surface area (Å²) in [6.45, 7) is 4.44. The monoisotopic (exact) mass is 167 g/mol. The normalized spacial score (nSPS) is 26.5. The van der Waals surface area contributed by atoms with Crippen LogP contribution in [-0.2, 0) is 0 Å². The van der Waals surface area contributed by atoms with Crippen LogP contribution in [-0.4, -0.2) is 11.5 Å². The zero-order valence-electron chi connectivity index (χ0n) is 7.05. The lowest BCUT2D eigenvalue weighted by molar-refractivity contribution is 0.428. The SMILES string of the molecule is CC1(C)CCSCC1=CC#N. The van der Waals surface area contributed by atoms with Crippen LogP contribution in [0.15, 0.2) is 11.6 Å². The summed E-state index contributed by atoms with van der Waals surface area (Å²) in [4.78, 5) is 0. The largest absolute Gasteiger partial charge is 0.193 e. The van der Waals surface area contributed by atoms with E-state index >= 15 is 0 Å². The molecular weight excluding hydrogens is 154 g/mol. The van der Waals surface area contributed by atoms with Crippen molar-refractivity contribution >= 4 is 11.8 Å². The first-order valence-electron chi connectivity index (χ1n) is 3.84. The Bertz CT molecular complexity index is 210. The van der Waals surface area contributed by atoms with Gasteiger partial charge in [0.2, 0.25) is 0 Å². The highest BCUT2D eigenvalue weighted by Gasteiger charge is 2.26. The molecule has 0 spiro atoms. The molecule has 2 heteroatoms. The fourth-order valence-corrected chi connectivity index (χ4v) is 2.67. The van der Waals surface area contributed by atoms with Gasteiger partial charge in [0, 0.05) is 11.8 Å². The summed E-state index contributed by atoms with van der Waals surface area (Å²) in [5.41, 5.74) is 1.57. The summed E-state index contributed by atoms with van der Waals surface area (Å²) >= 11 is 1.93. The minimum atomic E-state index is 0.265. The Kier molecular flexibility index (Phi) is 2.62. The Morgan fingerprint density at radius 3 is 2.91 bits per heavy atom. The lowest BCUT2D eigenvalue weighted by Gasteiger charge is -2.31. The van der Waals surface area contributed by atoms with Gasteiger partial charge in [0.05, 0.1) is 6.07 Å². The highest BCUT2D eigenvalue weighted by atomic mass is 32.2. The van der Waals surface area contributed by atoms with Crippen molar-refractivity contribution in [2.45, 2.75) is 20.3 Å². The van der Waals surface area contributed by atoms with Crippen LogP contribution in [0, 0.1) is 16.7 Å². The number of hydrogen-bond donors (Lipinski definition) is 0. The van der Waals surface area contributed by atoms with Crippen LogP contribution in [0.2, 0.25) is 0 Å². The number of nitriles is 1. The molecule has 0 atom stereocenters. The standard InChI is InChI=1S/C9H13NS/c1-9(2)4-6-11-7-8(9)3-5-10/h3H,4,6-7H2,1-2H3. The number of rotatable bonds is 0. The van der Waals surface area contributed by atoms with Crippen molar-refractivity contribution in [3.63, 3.8) is 0 Å². The maximum absolute atomic E-state index is 8.52. The second kappa shape index (κ2) is 3.32. The van der Waals surface area contributed by atoms with Crippen LogP contribution in [0.25, 0.3) is 0 Å². The maximum Gasteiger partial charge on any atom is 0.0912 e. The fourth-order valence-electron chi connectivity index (χ4n) is 1.18. The molecule has 0 amide bonds. The van der Waals surface area contributed by atoms with Gasteiger partial charge in [0.1, 0.15) is 0 Å². The molecule has 1 saturated heterocycles. The van der Waals surface area contributed by atoms with Crippen LogP contribution in [0.5, 0.6) is 0 Å². The van der Waals surface area contributed by atoms with Gasteiger partial charge in [-0.05, 0) is 23.2 Å². The van der Waals surface area contributed by atoms with E-state index in [1.54, 1.807) is 6.08 Å². The summed E-state index contributed by atoms with van der Waals surface area (Å²) < 4.78 is 0. The van der Waals surface area contributed by atoms with E-state index in [2.05, 4.69) is 19.9 Å². The molecular formula is C9H13NS. The molecule has 0 N–H and O–H groups in total. The topological polar surface area (TPSA) is 23.8 Å². The van der Waals surface area contributed by atoms with Gasteiger partial charge in [-0.3, -0.25) is 0 Å². The van der Waals surface area contributed by atoms with E-state index in [1.165, 1.54) is 17.7 Å². The number of allylic oxidation sites excluding steroid dienone is 1. The van der Waals surface area contributed by atoms with Crippen LogP contribution in [0.3, 0.4) is 0 Å². The van der Waals surface area contributed by atoms with Gasteiger partial charge in [-0.1, -0.05) is 13.8 Å². The van der Waals surface area contributed by atoms with Crippen molar-refractivity contribution in [3.05, 3.63) is 11.6 Å². The van der Waals surface area contributed by atoms with Gasteiger partial charge < -0.3 is 0 Å². The lowest BCUT2D eigenvalue weighted by Crippen LogP contribution is -2.21. The first-order chi connectivity index (χ1) is 5.17. The van der Waals surface area contributed by atoms with Crippen molar-refractivity contribution in [2.24, 2.45) is 5.41 Å². The second-order valence-corrected chi connectivity index (χ2v) is 4.59. The number of nitrogens with zero attached hydrogens (tertiary/aromatic N) is 1. The average Bonchev–Trinajstić information content (AvgIpc) is 1.94. The summed E-state index contributed by atoms with van der Waals surface area (Å²) in [5, 5.41) is 8.52. The van der Waals surface area contributed by atoms with Gasteiger partial charge >= 0.3 is 0 Å². The summed E-state index contributed by atoms with van der Waals surface area (Å²) in [6.07, 6.45) is 2.91. The quantitative estimate of drug-likeness (QED) is 0.518. The molecule has 1 heterocycles. The smallest absolute Gasteiger partial charge is 0.0912 e. The molecule has 11 heavy (non-hydrogen) atoms. The third kappa shape index (κ3) is 2.00.